The number of aryl methyl sites for hydroxylation is 1. The van der Waals surface area contributed by atoms with Crippen LogP contribution in [-0.4, -0.2) is 48.1 Å². The molecule has 0 unspecified atom stereocenters. The molecule has 1 N–H and O–H groups in total. The molecular formula is C24H29ClN4O3. The Kier molecular flexibility index (Phi) is 8.32. The van der Waals surface area contributed by atoms with Gasteiger partial charge in [0.25, 0.3) is 5.91 Å². The number of carbonyl (C=O) groups is 1. The van der Waals surface area contributed by atoms with Gasteiger partial charge in [-0.05, 0) is 62.9 Å². The van der Waals surface area contributed by atoms with Crippen molar-refractivity contribution in [3.63, 3.8) is 0 Å². The molecule has 0 aliphatic carbocycles. The Hall–Kier alpha value is -2.82. The standard InChI is InChI=1S/C24H29ClN4O3/c1-4-31-21-11-17(12-22(23(21)25)32-5-2)15-29-8-6-19(7-9-29)28-24(30)18-10-16(3)20(13-26)27-14-18/h10-12,14,19H,4-9,15H2,1-3H3,(H,28,30). The van der Waals surface area contributed by atoms with Crippen molar-refractivity contribution in [1.29, 1.82) is 5.26 Å². The number of nitrogens with zero attached hydrogens (tertiary/aromatic N) is 3. The number of rotatable bonds is 8. The molecule has 7 nitrogen and oxygen atoms in total. The molecular weight excluding hydrogens is 428 g/mol. The Balaban J connectivity index is 1.57. The Labute approximate surface area is 194 Å². The summed E-state index contributed by atoms with van der Waals surface area (Å²) in [5.74, 6) is 1.14. The van der Waals surface area contributed by atoms with Crippen LogP contribution in [0, 0.1) is 18.3 Å². The molecule has 0 saturated carbocycles. The Bertz CT molecular complexity index is 970. The van der Waals surface area contributed by atoms with E-state index >= 15 is 0 Å². The van der Waals surface area contributed by atoms with E-state index in [1.165, 1.54) is 6.20 Å². The number of likely N-dealkylation sites (tertiary alicyclic amines) is 1. The summed E-state index contributed by atoms with van der Waals surface area (Å²) in [4.78, 5) is 19.0. The maximum absolute atomic E-state index is 12.6. The van der Waals surface area contributed by atoms with Crippen molar-refractivity contribution in [1.82, 2.24) is 15.2 Å². The minimum absolute atomic E-state index is 0.109. The van der Waals surface area contributed by atoms with Crippen molar-refractivity contribution in [3.05, 3.63) is 51.8 Å². The summed E-state index contributed by atoms with van der Waals surface area (Å²) in [6.07, 6.45) is 3.18. The van der Waals surface area contributed by atoms with Crippen molar-refractivity contribution in [3.8, 4) is 17.6 Å². The quantitative estimate of drug-likeness (QED) is 0.643. The van der Waals surface area contributed by atoms with Gasteiger partial charge in [-0.25, -0.2) is 4.98 Å². The first kappa shape index (κ1) is 23.8. The summed E-state index contributed by atoms with van der Waals surface area (Å²) in [6.45, 7) is 9.21. The van der Waals surface area contributed by atoms with Crippen LogP contribution in [-0.2, 0) is 6.54 Å². The molecule has 1 aliphatic rings. The van der Waals surface area contributed by atoms with Gasteiger partial charge in [-0.15, -0.1) is 0 Å². The number of halogens is 1. The van der Waals surface area contributed by atoms with Crippen molar-refractivity contribution < 1.29 is 14.3 Å². The van der Waals surface area contributed by atoms with E-state index in [1.807, 2.05) is 32.0 Å². The lowest BCUT2D eigenvalue weighted by Gasteiger charge is -2.32. The number of carbonyl (C=O) groups excluding carboxylic acids is 1. The molecule has 0 spiro atoms. The van der Waals surface area contributed by atoms with Crippen molar-refractivity contribution in [2.24, 2.45) is 0 Å². The lowest BCUT2D eigenvalue weighted by Crippen LogP contribution is -2.44. The second-order valence-electron chi connectivity index (χ2n) is 7.80. The molecule has 3 rings (SSSR count). The first-order valence-electron chi connectivity index (χ1n) is 10.9. The number of amides is 1. The van der Waals surface area contributed by atoms with E-state index in [0.29, 0.717) is 46.6 Å². The molecule has 0 radical (unpaired) electrons. The first-order valence-corrected chi connectivity index (χ1v) is 11.3. The number of pyridine rings is 1. The summed E-state index contributed by atoms with van der Waals surface area (Å²) >= 11 is 6.40. The summed E-state index contributed by atoms with van der Waals surface area (Å²) in [5.41, 5.74) is 2.62. The second kappa shape index (κ2) is 11.2. The summed E-state index contributed by atoms with van der Waals surface area (Å²) in [6, 6.07) is 7.79. The normalized spacial score (nSPS) is 14.6. The van der Waals surface area contributed by atoms with Gasteiger partial charge in [0.2, 0.25) is 0 Å². The average Bonchev–Trinajstić information content (AvgIpc) is 2.78. The summed E-state index contributed by atoms with van der Waals surface area (Å²) in [7, 11) is 0. The molecule has 2 aromatic rings. The molecule has 32 heavy (non-hydrogen) atoms. The lowest BCUT2D eigenvalue weighted by molar-refractivity contribution is 0.0908. The fourth-order valence-electron chi connectivity index (χ4n) is 3.82. The van der Waals surface area contributed by atoms with Gasteiger partial charge in [0.15, 0.2) is 0 Å². The third kappa shape index (κ3) is 5.90. The van der Waals surface area contributed by atoms with Crippen molar-refractivity contribution >= 4 is 17.5 Å². The van der Waals surface area contributed by atoms with Gasteiger partial charge in [-0.3, -0.25) is 9.69 Å². The van der Waals surface area contributed by atoms with E-state index < -0.39 is 0 Å². The Morgan fingerprint density at radius 1 is 1.22 bits per heavy atom. The molecule has 8 heteroatoms. The zero-order valence-corrected chi connectivity index (χ0v) is 19.5. The molecule has 1 aromatic heterocycles. The van der Waals surface area contributed by atoms with E-state index in [1.54, 1.807) is 13.0 Å². The SMILES string of the molecule is CCOc1cc(CN2CCC(NC(=O)c3cnc(C#N)c(C)c3)CC2)cc(OCC)c1Cl. The third-order valence-corrected chi connectivity index (χ3v) is 5.81. The number of nitrogens with one attached hydrogen (secondary N) is 1. The van der Waals surface area contributed by atoms with Gasteiger partial charge >= 0.3 is 0 Å². The summed E-state index contributed by atoms with van der Waals surface area (Å²) in [5, 5.41) is 12.6. The van der Waals surface area contributed by atoms with Crippen LogP contribution in [0.4, 0.5) is 0 Å². The van der Waals surface area contributed by atoms with Crippen LogP contribution >= 0.6 is 11.6 Å². The molecule has 2 heterocycles. The topological polar surface area (TPSA) is 87.5 Å². The maximum Gasteiger partial charge on any atom is 0.253 e. The molecule has 1 aromatic carbocycles. The third-order valence-electron chi connectivity index (χ3n) is 5.44. The highest BCUT2D eigenvalue weighted by atomic mass is 35.5. The molecule has 1 fully saturated rings. The van der Waals surface area contributed by atoms with Crippen LogP contribution < -0.4 is 14.8 Å². The average molecular weight is 457 g/mol. The van der Waals surface area contributed by atoms with Crippen LogP contribution in [0.3, 0.4) is 0 Å². The van der Waals surface area contributed by atoms with E-state index in [2.05, 4.69) is 15.2 Å². The zero-order chi connectivity index (χ0) is 23.1. The lowest BCUT2D eigenvalue weighted by atomic mass is 10.0. The van der Waals surface area contributed by atoms with E-state index in [4.69, 9.17) is 26.3 Å². The van der Waals surface area contributed by atoms with E-state index in [-0.39, 0.29) is 11.9 Å². The molecule has 1 saturated heterocycles. The van der Waals surface area contributed by atoms with Gasteiger partial charge in [0.1, 0.15) is 28.3 Å². The molecule has 1 amide bonds. The van der Waals surface area contributed by atoms with Gasteiger partial charge in [0.05, 0.1) is 18.8 Å². The minimum atomic E-state index is -0.149. The van der Waals surface area contributed by atoms with Crippen LogP contribution in [0.5, 0.6) is 11.5 Å². The molecule has 0 bridgehead atoms. The van der Waals surface area contributed by atoms with Crippen LogP contribution in [0.15, 0.2) is 24.4 Å². The summed E-state index contributed by atoms with van der Waals surface area (Å²) < 4.78 is 11.4. The van der Waals surface area contributed by atoms with Gasteiger partial charge < -0.3 is 14.8 Å². The van der Waals surface area contributed by atoms with Crippen LogP contribution in [0.25, 0.3) is 0 Å². The highest BCUT2D eigenvalue weighted by Gasteiger charge is 2.22. The number of hydrogen-bond donors (Lipinski definition) is 1. The highest BCUT2D eigenvalue weighted by molar-refractivity contribution is 6.33. The largest absolute Gasteiger partial charge is 0.492 e. The van der Waals surface area contributed by atoms with E-state index in [9.17, 15) is 4.79 Å². The number of ether oxygens (including phenoxy) is 2. The predicted molar refractivity (Wildman–Crippen MR) is 123 cm³/mol. The highest BCUT2D eigenvalue weighted by Crippen LogP contribution is 2.36. The molecule has 0 atom stereocenters. The van der Waals surface area contributed by atoms with Crippen LogP contribution in [0.1, 0.15) is 53.9 Å². The zero-order valence-electron chi connectivity index (χ0n) is 18.8. The van der Waals surface area contributed by atoms with Crippen molar-refractivity contribution in [2.45, 2.75) is 46.2 Å². The van der Waals surface area contributed by atoms with E-state index in [0.717, 1.165) is 38.0 Å². The number of piperidine rings is 1. The first-order chi connectivity index (χ1) is 15.4. The van der Waals surface area contributed by atoms with Crippen molar-refractivity contribution in [2.75, 3.05) is 26.3 Å². The van der Waals surface area contributed by atoms with Gasteiger partial charge in [0, 0.05) is 31.9 Å². The number of nitriles is 1. The monoisotopic (exact) mass is 456 g/mol. The number of hydrogen-bond acceptors (Lipinski definition) is 6. The fourth-order valence-corrected chi connectivity index (χ4v) is 4.04. The minimum Gasteiger partial charge on any atom is -0.492 e. The van der Waals surface area contributed by atoms with Gasteiger partial charge in [-0.1, -0.05) is 11.6 Å². The number of benzene rings is 1. The van der Waals surface area contributed by atoms with Crippen LogP contribution in [0.2, 0.25) is 5.02 Å². The number of aromatic nitrogens is 1. The smallest absolute Gasteiger partial charge is 0.253 e. The predicted octanol–water partition coefficient (Wildman–Crippen LogP) is 4.11. The fraction of sp³-hybridized carbons (Fsp3) is 0.458. The maximum atomic E-state index is 12.6. The van der Waals surface area contributed by atoms with Gasteiger partial charge in [-0.2, -0.15) is 5.26 Å². The Morgan fingerprint density at radius 3 is 2.38 bits per heavy atom. The molecule has 170 valence electrons. The Morgan fingerprint density at radius 2 is 1.84 bits per heavy atom. The molecule has 1 aliphatic heterocycles. The second-order valence-corrected chi connectivity index (χ2v) is 8.18.